The molecule has 12 heavy (non-hydrogen) atoms. The number of hydrogen-bond acceptors (Lipinski definition) is 5. The lowest BCUT2D eigenvalue weighted by Gasteiger charge is -2.29. The van der Waals surface area contributed by atoms with Gasteiger partial charge < -0.3 is 0 Å². The van der Waals surface area contributed by atoms with Gasteiger partial charge in [0.1, 0.15) is 0 Å². The van der Waals surface area contributed by atoms with Crippen LogP contribution in [-0.4, -0.2) is 23.0 Å². The van der Waals surface area contributed by atoms with E-state index in [0.29, 0.717) is 0 Å². The number of hydrogen-bond donors (Lipinski definition) is 2. The first-order valence-electron chi connectivity index (χ1n) is 4.02. The zero-order chi connectivity index (χ0) is 8.39. The Morgan fingerprint density at radius 1 is 1.67 bits per heavy atom. The fourth-order valence-electron chi connectivity index (χ4n) is 1.21. The van der Waals surface area contributed by atoms with E-state index in [2.05, 4.69) is 15.3 Å². The Hall–Kier alpha value is -0.650. The highest BCUT2D eigenvalue weighted by atomic mass is 32.1. The van der Waals surface area contributed by atoms with Crippen LogP contribution in [-0.2, 0) is 6.54 Å². The van der Waals surface area contributed by atoms with Crippen molar-refractivity contribution in [1.29, 1.82) is 0 Å². The molecule has 0 amide bonds. The molecule has 0 bridgehead atoms. The second kappa shape index (κ2) is 3.38. The van der Waals surface area contributed by atoms with E-state index in [0.717, 1.165) is 11.7 Å². The summed E-state index contributed by atoms with van der Waals surface area (Å²) >= 11 is 1.62. The molecular formula is C7H12N4S. The molecule has 1 saturated heterocycles. The molecule has 5 heteroatoms. The van der Waals surface area contributed by atoms with Crippen LogP contribution in [0.15, 0.2) is 6.20 Å². The number of nitrogens with two attached hydrogens (primary N) is 1. The number of thiazole rings is 1. The lowest BCUT2D eigenvalue weighted by atomic mass is 10.2. The Morgan fingerprint density at radius 2 is 2.50 bits per heavy atom. The topological polar surface area (TPSA) is 54.2 Å². The van der Waals surface area contributed by atoms with E-state index in [4.69, 9.17) is 5.84 Å². The molecule has 0 saturated carbocycles. The first-order valence-corrected chi connectivity index (χ1v) is 4.84. The van der Waals surface area contributed by atoms with Crippen molar-refractivity contribution >= 4 is 16.5 Å². The molecule has 1 aliphatic rings. The number of rotatable bonds is 3. The van der Waals surface area contributed by atoms with E-state index in [9.17, 15) is 0 Å². The van der Waals surface area contributed by atoms with E-state index in [1.54, 1.807) is 11.3 Å². The largest absolute Gasteiger partial charge is 0.300 e. The summed E-state index contributed by atoms with van der Waals surface area (Å²) in [6.45, 7) is 3.48. The number of aromatic nitrogens is 1. The van der Waals surface area contributed by atoms with Crippen LogP contribution in [0.25, 0.3) is 0 Å². The molecule has 0 unspecified atom stereocenters. The van der Waals surface area contributed by atoms with Crippen molar-refractivity contribution in [3.8, 4) is 0 Å². The minimum atomic E-state index is 0.797. The quantitative estimate of drug-likeness (QED) is 0.534. The van der Waals surface area contributed by atoms with Gasteiger partial charge in [0.2, 0.25) is 0 Å². The van der Waals surface area contributed by atoms with Gasteiger partial charge in [-0.3, -0.25) is 10.3 Å². The lowest BCUT2D eigenvalue weighted by Crippen LogP contribution is -2.35. The third kappa shape index (κ3) is 1.57. The molecule has 1 aromatic rings. The van der Waals surface area contributed by atoms with Crippen molar-refractivity contribution in [3.05, 3.63) is 11.1 Å². The highest BCUT2D eigenvalue weighted by molar-refractivity contribution is 7.15. The summed E-state index contributed by atoms with van der Waals surface area (Å²) in [4.78, 5) is 7.78. The van der Waals surface area contributed by atoms with E-state index in [-0.39, 0.29) is 0 Å². The lowest BCUT2D eigenvalue weighted by molar-refractivity contribution is 0.174. The third-order valence-electron chi connectivity index (χ3n) is 2.01. The molecule has 4 nitrogen and oxygen atoms in total. The predicted octanol–water partition coefficient (Wildman–Crippen LogP) is 0.634. The number of nitrogens with zero attached hydrogens (tertiary/aromatic N) is 2. The van der Waals surface area contributed by atoms with Crippen LogP contribution >= 0.6 is 11.3 Å². The molecule has 0 atom stereocenters. The van der Waals surface area contributed by atoms with Crippen LogP contribution in [0.3, 0.4) is 0 Å². The average molecular weight is 184 g/mol. The van der Waals surface area contributed by atoms with Gasteiger partial charge in [0, 0.05) is 17.6 Å². The molecule has 1 fully saturated rings. The van der Waals surface area contributed by atoms with Crippen molar-refractivity contribution < 1.29 is 0 Å². The molecule has 2 rings (SSSR count). The van der Waals surface area contributed by atoms with Gasteiger partial charge >= 0.3 is 0 Å². The van der Waals surface area contributed by atoms with Crippen LogP contribution in [0.2, 0.25) is 0 Å². The maximum absolute atomic E-state index is 5.22. The van der Waals surface area contributed by atoms with Gasteiger partial charge in [-0.2, -0.15) is 0 Å². The first-order chi connectivity index (χ1) is 5.88. The minimum Gasteiger partial charge on any atom is -0.300 e. The summed E-state index contributed by atoms with van der Waals surface area (Å²) in [7, 11) is 0. The van der Waals surface area contributed by atoms with Crippen molar-refractivity contribution in [2.45, 2.75) is 13.0 Å². The molecule has 66 valence electrons. The predicted molar refractivity (Wildman–Crippen MR) is 49.8 cm³/mol. The Morgan fingerprint density at radius 3 is 3.00 bits per heavy atom. The second-order valence-corrected chi connectivity index (χ2v) is 4.02. The minimum absolute atomic E-state index is 0.797. The van der Waals surface area contributed by atoms with E-state index in [1.807, 2.05) is 6.20 Å². The van der Waals surface area contributed by atoms with Crippen molar-refractivity contribution in [2.75, 3.05) is 18.5 Å². The van der Waals surface area contributed by atoms with Crippen LogP contribution in [0.5, 0.6) is 0 Å². The molecule has 0 radical (unpaired) electrons. The van der Waals surface area contributed by atoms with Gasteiger partial charge in [-0.25, -0.2) is 10.8 Å². The van der Waals surface area contributed by atoms with Crippen LogP contribution in [0.1, 0.15) is 11.3 Å². The number of nitrogen functional groups attached to an aromatic ring is 1. The number of hydrazine groups is 1. The zero-order valence-electron chi connectivity index (χ0n) is 6.79. The molecule has 0 aliphatic carbocycles. The molecule has 1 aliphatic heterocycles. The number of anilines is 1. The average Bonchev–Trinajstić information content (AvgIpc) is 2.44. The van der Waals surface area contributed by atoms with Gasteiger partial charge in [0.25, 0.3) is 0 Å². The van der Waals surface area contributed by atoms with Crippen LogP contribution in [0, 0.1) is 0 Å². The molecule has 3 N–H and O–H groups in total. The summed E-state index contributed by atoms with van der Waals surface area (Å²) in [5.74, 6) is 5.22. The van der Waals surface area contributed by atoms with E-state index >= 15 is 0 Å². The van der Waals surface area contributed by atoms with Gasteiger partial charge in [0.15, 0.2) is 5.13 Å². The van der Waals surface area contributed by atoms with Crippen molar-refractivity contribution in [2.24, 2.45) is 5.84 Å². The van der Waals surface area contributed by atoms with Crippen molar-refractivity contribution in [1.82, 2.24) is 9.88 Å². The standard InChI is InChI=1S/C7H12N4S/c8-10-7-9-4-6(12-7)5-11-2-1-3-11/h4H,1-3,5,8H2,(H,9,10). The third-order valence-corrected chi connectivity index (χ3v) is 2.92. The number of likely N-dealkylation sites (tertiary alicyclic amines) is 1. The Bertz CT molecular complexity index is 256. The Balaban J connectivity index is 1.93. The molecular weight excluding hydrogens is 172 g/mol. The molecule has 2 heterocycles. The van der Waals surface area contributed by atoms with Gasteiger partial charge in [-0.15, -0.1) is 0 Å². The highest BCUT2D eigenvalue weighted by Crippen LogP contribution is 2.20. The normalized spacial score (nSPS) is 17.4. The summed E-state index contributed by atoms with van der Waals surface area (Å²) in [5.41, 5.74) is 2.55. The van der Waals surface area contributed by atoms with Gasteiger partial charge in [-0.1, -0.05) is 11.3 Å². The van der Waals surface area contributed by atoms with Crippen molar-refractivity contribution in [3.63, 3.8) is 0 Å². The summed E-state index contributed by atoms with van der Waals surface area (Å²) < 4.78 is 0. The zero-order valence-corrected chi connectivity index (χ0v) is 7.60. The highest BCUT2D eigenvalue weighted by Gasteiger charge is 2.14. The van der Waals surface area contributed by atoms with Crippen LogP contribution < -0.4 is 11.3 Å². The van der Waals surface area contributed by atoms with E-state index in [1.165, 1.54) is 24.4 Å². The monoisotopic (exact) mass is 184 g/mol. The second-order valence-electron chi connectivity index (χ2n) is 2.91. The molecule has 0 aromatic carbocycles. The molecule has 1 aromatic heterocycles. The smallest absolute Gasteiger partial charge is 0.197 e. The van der Waals surface area contributed by atoms with E-state index < -0.39 is 0 Å². The van der Waals surface area contributed by atoms with Gasteiger partial charge in [0.05, 0.1) is 0 Å². The fraction of sp³-hybridized carbons (Fsp3) is 0.571. The summed E-state index contributed by atoms with van der Waals surface area (Å²) in [6.07, 6.45) is 3.22. The maximum atomic E-state index is 5.22. The first kappa shape index (κ1) is 7.97. The molecule has 0 spiro atoms. The fourth-order valence-corrected chi connectivity index (χ4v) is 1.97. The van der Waals surface area contributed by atoms with Crippen LogP contribution in [0.4, 0.5) is 5.13 Å². The SMILES string of the molecule is NNc1ncc(CN2CCC2)s1. The Kier molecular flexibility index (Phi) is 2.25. The maximum Gasteiger partial charge on any atom is 0.197 e. The van der Waals surface area contributed by atoms with Gasteiger partial charge in [-0.05, 0) is 19.5 Å². The number of nitrogens with one attached hydrogen (secondary N) is 1. The summed E-state index contributed by atoms with van der Waals surface area (Å²) in [5, 5.41) is 0.797. The summed E-state index contributed by atoms with van der Waals surface area (Å²) in [6, 6.07) is 0. The Labute approximate surface area is 75.4 Å².